The lowest BCUT2D eigenvalue weighted by Gasteiger charge is -2.20. The van der Waals surface area contributed by atoms with Gasteiger partial charge in [0.15, 0.2) is 0 Å². The van der Waals surface area contributed by atoms with Crippen molar-refractivity contribution in [2.45, 2.75) is 51.0 Å². The summed E-state index contributed by atoms with van der Waals surface area (Å²) in [5.74, 6) is 1.07. The fourth-order valence-corrected chi connectivity index (χ4v) is 3.25. The van der Waals surface area contributed by atoms with E-state index < -0.39 is 5.54 Å². The van der Waals surface area contributed by atoms with Gasteiger partial charge < -0.3 is 5.32 Å². The molecular weight excluding hydrogens is 252 g/mol. The van der Waals surface area contributed by atoms with E-state index in [9.17, 15) is 9.59 Å². The Bertz CT molecular complexity index is 340. The second-order valence-corrected chi connectivity index (χ2v) is 5.93. The van der Waals surface area contributed by atoms with Gasteiger partial charge in [0.2, 0.25) is 0 Å². The number of alkyl halides is 1. The molecule has 2 fully saturated rings. The van der Waals surface area contributed by atoms with Gasteiger partial charge in [-0.1, -0.05) is 19.8 Å². The third-order valence-electron chi connectivity index (χ3n) is 4.15. The van der Waals surface area contributed by atoms with E-state index in [0.717, 1.165) is 38.5 Å². The first kappa shape index (κ1) is 13.7. The Balaban J connectivity index is 1.93. The van der Waals surface area contributed by atoms with Gasteiger partial charge in [-0.15, -0.1) is 11.6 Å². The number of nitrogens with zero attached hydrogens (tertiary/aromatic N) is 1. The number of carbonyl (C=O) groups excluding carboxylic acids is 2. The summed E-state index contributed by atoms with van der Waals surface area (Å²) in [7, 11) is 0. The molecule has 3 amide bonds. The van der Waals surface area contributed by atoms with Gasteiger partial charge in [-0.3, -0.25) is 9.69 Å². The number of urea groups is 1. The molecular formula is C13H21ClN2O2. The van der Waals surface area contributed by atoms with E-state index in [-0.39, 0.29) is 11.9 Å². The quantitative estimate of drug-likeness (QED) is 0.618. The van der Waals surface area contributed by atoms with Crippen LogP contribution in [0.15, 0.2) is 0 Å². The molecule has 1 unspecified atom stereocenters. The Labute approximate surface area is 113 Å². The highest BCUT2D eigenvalue weighted by Crippen LogP contribution is 2.35. The molecule has 5 heteroatoms. The van der Waals surface area contributed by atoms with E-state index in [1.807, 2.05) is 0 Å². The Kier molecular flexibility index (Phi) is 4.15. The summed E-state index contributed by atoms with van der Waals surface area (Å²) in [6.45, 7) is 2.62. The van der Waals surface area contributed by atoms with Crippen LogP contribution >= 0.6 is 11.6 Å². The SMILES string of the molecule is CC(CCCl)CCN1C(=O)NC2(CCCC2)C1=O. The average molecular weight is 273 g/mol. The van der Waals surface area contributed by atoms with Gasteiger partial charge in [0, 0.05) is 12.4 Å². The smallest absolute Gasteiger partial charge is 0.323 e. The van der Waals surface area contributed by atoms with Crippen molar-refractivity contribution in [2.24, 2.45) is 5.92 Å². The zero-order chi connectivity index (χ0) is 13.2. The lowest BCUT2D eigenvalue weighted by Crippen LogP contribution is -2.44. The molecule has 1 N–H and O–H groups in total. The first-order valence-corrected chi connectivity index (χ1v) is 7.32. The van der Waals surface area contributed by atoms with Gasteiger partial charge in [-0.05, 0) is 31.6 Å². The normalized spacial score (nSPS) is 23.8. The van der Waals surface area contributed by atoms with Crippen LogP contribution in [0.3, 0.4) is 0 Å². The highest BCUT2D eigenvalue weighted by molar-refractivity contribution is 6.17. The van der Waals surface area contributed by atoms with Crippen LogP contribution in [0.5, 0.6) is 0 Å². The van der Waals surface area contributed by atoms with Crippen molar-refractivity contribution in [3.05, 3.63) is 0 Å². The maximum Gasteiger partial charge on any atom is 0.325 e. The van der Waals surface area contributed by atoms with Crippen molar-refractivity contribution < 1.29 is 9.59 Å². The Morgan fingerprint density at radius 2 is 2.00 bits per heavy atom. The van der Waals surface area contributed by atoms with Crippen molar-refractivity contribution in [1.82, 2.24) is 10.2 Å². The fraction of sp³-hybridized carbons (Fsp3) is 0.846. The molecule has 102 valence electrons. The van der Waals surface area contributed by atoms with E-state index in [1.54, 1.807) is 0 Å². The van der Waals surface area contributed by atoms with Crippen LogP contribution in [0.25, 0.3) is 0 Å². The van der Waals surface area contributed by atoms with Gasteiger partial charge >= 0.3 is 6.03 Å². The zero-order valence-electron chi connectivity index (χ0n) is 10.9. The summed E-state index contributed by atoms with van der Waals surface area (Å²) in [5, 5.41) is 2.90. The Morgan fingerprint density at radius 1 is 1.33 bits per heavy atom. The van der Waals surface area contributed by atoms with E-state index in [4.69, 9.17) is 11.6 Å². The molecule has 0 aromatic heterocycles. The van der Waals surface area contributed by atoms with E-state index in [1.165, 1.54) is 4.90 Å². The number of rotatable bonds is 5. The van der Waals surface area contributed by atoms with Crippen molar-refractivity contribution in [2.75, 3.05) is 12.4 Å². The number of hydrogen-bond donors (Lipinski definition) is 1. The second kappa shape index (κ2) is 5.47. The fourth-order valence-electron chi connectivity index (χ4n) is 2.88. The average Bonchev–Trinajstić information content (AvgIpc) is 2.86. The minimum absolute atomic E-state index is 0.0110. The van der Waals surface area contributed by atoms with E-state index in [0.29, 0.717) is 18.3 Å². The monoisotopic (exact) mass is 272 g/mol. The summed E-state index contributed by atoms with van der Waals surface area (Å²) in [4.78, 5) is 25.6. The van der Waals surface area contributed by atoms with Crippen LogP contribution in [0.1, 0.15) is 45.4 Å². The van der Waals surface area contributed by atoms with Crippen LogP contribution in [-0.2, 0) is 4.79 Å². The van der Waals surface area contributed by atoms with Crippen molar-refractivity contribution in [3.63, 3.8) is 0 Å². The molecule has 1 aliphatic heterocycles. The molecule has 0 bridgehead atoms. The predicted octanol–water partition coefficient (Wildman–Crippen LogP) is 2.51. The number of amides is 3. The molecule has 2 rings (SSSR count). The van der Waals surface area contributed by atoms with Crippen LogP contribution in [0.4, 0.5) is 4.79 Å². The summed E-state index contributed by atoms with van der Waals surface area (Å²) in [6.07, 6.45) is 5.42. The lowest BCUT2D eigenvalue weighted by atomic mass is 9.97. The third kappa shape index (κ3) is 2.48. The van der Waals surface area contributed by atoms with Gasteiger partial charge in [-0.2, -0.15) is 0 Å². The van der Waals surface area contributed by atoms with Crippen LogP contribution in [-0.4, -0.2) is 34.8 Å². The number of hydrogen-bond acceptors (Lipinski definition) is 2. The molecule has 1 saturated carbocycles. The third-order valence-corrected chi connectivity index (χ3v) is 4.37. The molecule has 0 aromatic carbocycles. The summed E-state index contributed by atoms with van der Waals surface area (Å²) >= 11 is 5.69. The second-order valence-electron chi connectivity index (χ2n) is 5.55. The zero-order valence-corrected chi connectivity index (χ0v) is 11.6. The van der Waals surface area contributed by atoms with Crippen molar-refractivity contribution in [1.29, 1.82) is 0 Å². The first-order valence-electron chi connectivity index (χ1n) is 6.79. The molecule has 1 atom stereocenters. The molecule has 4 nitrogen and oxygen atoms in total. The molecule has 1 saturated heterocycles. The minimum Gasteiger partial charge on any atom is -0.323 e. The number of nitrogens with one attached hydrogen (secondary N) is 1. The largest absolute Gasteiger partial charge is 0.325 e. The summed E-state index contributed by atoms with van der Waals surface area (Å²) < 4.78 is 0. The predicted molar refractivity (Wildman–Crippen MR) is 70.6 cm³/mol. The molecule has 1 aliphatic carbocycles. The highest BCUT2D eigenvalue weighted by Gasteiger charge is 2.52. The highest BCUT2D eigenvalue weighted by atomic mass is 35.5. The number of carbonyl (C=O) groups is 2. The Morgan fingerprint density at radius 3 is 2.61 bits per heavy atom. The molecule has 1 spiro atoms. The molecule has 1 heterocycles. The Hall–Kier alpha value is -0.770. The molecule has 2 aliphatic rings. The number of halogens is 1. The van der Waals surface area contributed by atoms with Crippen LogP contribution in [0.2, 0.25) is 0 Å². The standard InChI is InChI=1S/C13H21ClN2O2/c1-10(4-8-14)5-9-16-11(17)13(15-12(16)18)6-2-3-7-13/h10H,2-9H2,1H3,(H,15,18). The van der Waals surface area contributed by atoms with Gasteiger partial charge in [0.05, 0.1) is 0 Å². The minimum atomic E-state index is -0.563. The topological polar surface area (TPSA) is 49.4 Å². The van der Waals surface area contributed by atoms with E-state index in [2.05, 4.69) is 12.2 Å². The lowest BCUT2D eigenvalue weighted by molar-refractivity contribution is -0.131. The maximum absolute atomic E-state index is 12.3. The van der Waals surface area contributed by atoms with Crippen LogP contribution in [0, 0.1) is 5.92 Å². The summed E-state index contributed by atoms with van der Waals surface area (Å²) in [6, 6.07) is -0.208. The maximum atomic E-state index is 12.3. The van der Waals surface area contributed by atoms with Gasteiger partial charge in [0.1, 0.15) is 5.54 Å². The number of imide groups is 1. The van der Waals surface area contributed by atoms with Crippen molar-refractivity contribution in [3.8, 4) is 0 Å². The van der Waals surface area contributed by atoms with Crippen molar-refractivity contribution >= 4 is 23.5 Å². The van der Waals surface area contributed by atoms with Gasteiger partial charge in [0.25, 0.3) is 5.91 Å². The molecule has 0 radical (unpaired) electrons. The van der Waals surface area contributed by atoms with Gasteiger partial charge in [-0.25, -0.2) is 4.79 Å². The molecule has 18 heavy (non-hydrogen) atoms. The first-order chi connectivity index (χ1) is 8.59. The van der Waals surface area contributed by atoms with E-state index >= 15 is 0 Å². The molecule has 0 aromatic rings. The summed E-state index contributed by atoms with van der Waals surface area (Å²) in [5.41, 5.74) is -0.563. The van der Waals surface area contributed by atoms with Crippen LogP contribution < -0.4 is 5.32 Å².